The molecule has 0 bridgehead atoms. The molecule has 0 aliphatic heterocycles. The molecule has 0 aromatic heterocycles. The Morgan fingerprint density at radius 1 is 1.00 bits per heavy atom. The standard InChI is InChI=1S/C14H8Cl2FNO3/c15-9-3-1-8(14(20)21)6-12(9)18-13(19)7-2-4-11(17)10(16)5-7/h1-6H,(H,18,19)(H,20,21). The molecule has 0 spiro atoms. The molecular weight excluding hydrogens is 320 g/mol. The fraction of sp³-hybridized carbons (Fsp3) is 0. The maximum absolute atomic E-state index is 13.0. The summed E-state index contributed by atoms with van der Waals surface area (Å²) in [7, 11) is 0. The molecule has 1 amide bonds. The van der Waals surface area contributed by atoms with Crippen LogP contribution in [0, 0.1) is 5.82 Å². The molecule has 0 saturated carbocycles. The van der Waals surface area contributed by atoms with Crippen molar-refractivity contribution in [1.29, 1.82) is 0 Å². The lowest BCUT2D eigenvalue weighted by molar-refractivity contribution is 0.0696. The quantitative estimate of drug-likeness (QED) is 0.892. The summed E-state index contributed by atoms with van der Waals surface area (Å²) in [4.78, 5) is 22.9. The summed E-state index contributed by atoms with van der Waals surface area (Å²) < 4.78 is 13.0. The minimum Gasteiger partial charge on any atom is -0.478 e. The summed E-state index contributed by atoms with van der Waals surface area (Å²) in [6, 6.07) is 7.39. The highest BCUT2D eigenvalue weighted by atomic mass is 35.5. The van der Waals surface area contributed by atoms with Crippen LogP contribution in [-0.2, 0) is 0 Å². The summed E-state index contributed by atoms with van der Waals surface area (Å²) >= 11 is 11.5. The summed E-state index contributed by atoms with van der Waals surface area (Å²) in [5, 5.41) is 11.4. The maximum Gasteiger partial charge on any atom is 0.335 e. The number of benzene rings is 2. The molecule has 0 aliphatic rings. The highest BCUT2D eigenvalue weighted by molar-refractivity contribution is 6.34. The molecule has 0 aliphatic carbocycles. The first-order valence-electron chi connectivity index (χ1n) is 5.67. The highest BCUT2D eigenvalue weighted by Crippen LogP contribution is 2.24. The Morgan fingerprint density at radius 2 is 1.67 bits per heavy atom. The lowest BCUT2D eigenvalue weighted by atomic mass is 10.1. The van der Waals surface area contributed by atoms with Crippen molar-refractivity contribution in [2.45, 2.75) is 0 Å². The van der Waals surface area contributed by atoms with E-state index in [-0.39, 0.29) is 26.9 Å². The number of nitrogens with one attached hydrogen (secondary N) is 1. The first-order chi connectivity index (χ1) is 9.88. The van der Waals surface area contributed by atoms with Gasteiger partial charge in [-0.1, -0.05) is 23.2 Å². The molecule has 2 rings (SSSR count). The third kappa shape index (κ3) is 3.51. The SMILES string of the molecule is O=C(O)c1ccc(Cl)c(NC(=O)c2ccc(F)c(Cl)c2)c1. The van der Waals surface area contributed by atoms with Gasteiger partial charge >= 0.3 is 5.97 Å². The topological polar surface area (TPSA) is 66.4 Å². The number of carboxylic acid groups (broad SMARTS) is 1. The Kier molecular flexibility index (Phi) is 4.45. The van der Waals surface area contributed by atoms with E-state index in [1.165, 1.54) is 30.3 Å². The first-order valence-corrected chi connectivity index (χ1v) is 6.43. The van der Waals surface area contributed by atoms with Crippen molar-refractivity contribution in [2.75, 3.05) is 5.32 Å². The fourth-order valence-electron chi connectivity index (χ4n) is 1.59. The second kappa shape index (κ2) is 6.11. The van der Waals surface area contributed by atoms with Gasteiger partial charge in [-0.3, -0.25) is 4.79 Å². The van der Waals surface area contributed by atoms with Gasteiger partial charge in [-0.15, -0.1) is 0 Å². The molecule has 2 aromatic rings. The second-order valence-electron chi connectivity index (χ2n) is 4.08. The number of carbonyl (C=O) groups is 2. The van der Waals surface area contributed by atoms with Crippen molar-refractivity contribution in [3.05, 3.63) is 63.4 Å². The Morgan fingerprint density at radius 3 is 2.29 bits per heavy atom. The predicted octanol–water partition coefficient (Wildman–Crippen LogP) is 4.08. The zero-order chi connectivity index (χ0) is 15.6. The predicted molar refractivity (Wildman–Crippen MR) is 77.8 cm³/mol. The second-order valence-corrected chi connectivity index (χ2v) is 4.90. The van der Waals surface area contributed by atoms with Crippen molar-refractivity contribution in [1.82, 2.24) is 0 Å². The zero-order valence-electron chi connectivity index (χ0n) is 10.4. The average Bonchev–Trinajstić information content (AvgIpc) is 2.43. The molecule has 2 aromatic carbocycles. The third-order valence-electron chi connectivity index (χ3n) is 2.64. The number of carbonyl (C=O) groups excluding carboxylic acids is 1. The Hall–Kier alpha value is -2.11. The molecule has 0 atom stereocenters. The number of amides is 1. The molecule has 0 saturated heterocycles. The van der Waals surface area contributed by atoms with E-state index in [4.69, 9.17) is 28.3 Å². The van der Waals surface area contributed by atoms with Crippen LogP contribution in [0.15, 0.2) is 36.4 Å². The lowest BCUT2D eigenvalue weighted by Gasteiger charge is -2.08. The number of aromatic carboxylic acids is 1. The molecular formula is C14H8Cl2FNO3. The monoisotopic (exact) mass is 327 g/mol. The molecule has 0 heterocycles. The number of carboxylic acids is 1. The van der Waals surface area contributed by atoms with Crippen molar-refractivity contribution >= 4 is 40.8 Å². The molecule has 0 fully saturated rings. The lowest BCUT2D eigenvalue weighted by Crippen LogP contribution is -2.13. The molecule has 0 unspecified atom stereocenters. The van der Waals surface area contributed by atoms with E-state index in [9.17, 15) is 14.0 Å². The van der Waals surface area contributed by atoms with E-state index in [2.05, 4.69) is 5.32 Å². The van der Waals surface area contributed by atoms with Gasteiger partial charge in [0.2, 0.25) is 0 Å². The Bertz CT molecular complexity index is 734. The summed E-state index contributed by atoms with van der Waals surface area (Å²) in [6.45, 7) is 0. The molecule has 21 heavy (non-hydrogen) atoms. The van der Waals surface area contributed by atoms with Crippen LogP contribution in [-0.4, -0.2) is 17.0 Å². The molecule has 2 N–H and O–H groups in total. The van der Waals surface area contributed by atoms with Crippen molar-refractivity contribution in [2.24, 2.45) is 0 Å². The minimum atomic E-state index is -1.15. The van der Waals surface area contributed by atoms with Crippen molar-refractivity contribution < 1.29 is 19.1 Å². The van der Waals surface area contributed by atoms with Crippen molar-refractivity contribution in [3.63, 3.8) is 0 Å². The van der Waals surface area contributed by atoms with Crippen LogP contribution < -0.4 is 5.32 Å². The Balaban J connectivity index is 2.28. The van der Waals surface area contributed by atoms with Crippen LogP contribution in [0.2, 0.25) is 10.0 Å². The minimum absolute atomic E-state index is 0.0214. The van der Waals surface area contributed by atoms with E-state index in [1.54, 1.807) is 0 Å². The summed E-state index contributed by atoms with van der Waals surface area (Å²) in [6.07, 6.45) is 0. The van der Waals surface area contributed by atoms with Crippen LogP contribution >= 0.6 is 23.2 Å². The smallest absolute Gasteiger partial charge is 0.335 e. The normalized spacial score (nSPS) is 10.2. The van der Waals surface area contributed by atoms with Crippen LogP contribution in [0.4, 0.5) is 10.1 Å². The van der Waals surface area contributed by atoms with Gasteiger partial charge in [0.15, 0.2) is 0 Å². The molecule has 7 heteroatoms. The number of halogens is 3. The van der Waals surface area contributed by atoms with Gasteiger partial charge in [0.25, 0.3) is 5.91 Å². The summed E-state index contributed by atoms with van der Waals surface area (Å²) in [5.41, 5.74) is 0.243. The van der Waals surface area contributed by atoms with Crippen LogP contribution in [0.3, 0.4) is 0 Å². The zero-order valence-corrected chi connectivity index (χ0v) is 11.9. The Labute approximate surface area is 129 Å². The number of hydrogen-bond donors (Lipinski definition) is 2. The van der Waals surface area contributed by atoms with Gasteiger partial charge in [0.05, 0.1) is 21.3 Å². The van der Waals surface area contributed by atoms with Gasteiger partial charge in [0, 0.05) is 5.56 Å². The maximum atomic E-state index is 13.0. The third-order valence-corrected chi connectivity index (χ3v) is 3.26. The van der Waals surface area contributed by atoms with E-state index >= 15 is 0 Å². The van der Waals surface area contributed by atoms with Crippen LogP contribution in [0.5, 0.6) is 0 Å². The van der Waals surface area contributed by atoms with E-state index in [0.717, 1.165) is 6.07 Å². The number of rotatable bonds is 3. The molecule has 0 radical (unpaired) electrons. The van der Waals surface area contributed by atoms with Crippen LogP contribution in [0.25, 0.3) is 0 Å². The van der Waals surface area contributed by atoms with Gasteiger partial charge in [-0.05, 0) is 36.4 Å². The van der Waals surface area contributed by atoms with E-state index in [0.29, 0.717) is 0 Å². The average molecular weight is 328 g/mol. The van der Waals surface area contributed by atoms with E-state index in [1.807, 2.05) is 0 Å². The van der Waals surface area contributed by atoms with Gasteiger partial charge in [0.1, 0.15) is 5.82 Å². The van der Waals surface area contributed by atoms with Crippen LogP contribution in [0.1, 0.15) is 20.7 Å². The van der Waals surface area contributed by atoms with E-state index < -0.39 is 17.7 Å². The highest BCUT2D eigenvalue weighted by Gasteiger charge is 2.13. The van der Waals surface area contributed by atoms with Crippen molar-refractivity contribution in [3.8, 4) is 0 Å². The van der Waals surface area contributed by atoms with Gasteiger partial charge in [-0.2, -0.15) is 0 Å². The molecule has 108 valence electrons. The largest absolute Gasteiger partial charge is 0.478 e. The van der Waals surface area contributed by atoms with Gasteiger partial charge in [-0.25, -0.2) is 9.18 Å². The first kappa shape index (κ1) is 15.3. The molecule has 4 nitrogen and oxygen atoms in total. The van der Waals surface area contributed by atoms with Gasteiger partial charge < -0.3 is 10.4 Å². The fourth-order valence-corrected chi connectivity index (χ4v) is 1.93. The number of anilines is 1. The number of hydrogen-bond acceptors (Lipinski definition) is 2. The summed E-state index contributed by atoms with van der Waals surface area (Å²) in [5.74, 6) is -2.37.